The molecule has 0 saturated carbocycles. The zero-order chi connectivity index (χ0) is 20.8. The maximum atomic E-state index is 12.5. The van der Waals surface area contributed by atoms with Gasteiger partial charge >= 0.3 is 12.2 Å². The average Bonchev–Trinajstić information content (AvgIpc) is 2.50. The lowest BCUT2D eigenvalue weighted by atomic mass is 10.0. The Hall–Kier alpha value is -2.34. The Labute approximate surface area is 154 Å². The molecule has 0 bridgehead atoms. The topological polar surface area (TPSA) is 114 Å². The zero-order valence-electron chi connectivity index (χ0n) is 14.8. The van der Waals surface area contributed by atoms with E-state index in [2.05, 4.69) is 14.9 Å². The molecule has 0 spiro atoms. The molecule has 152 valence electrons. The summed E-state index contributed by atoms with van der Waals surface area (Å²) in [7, 11) is -3.93. The van der Waals surface area contributed by atoms with Gasteiger partial charge in [0.15, 0.2) is 0 Å². The highest BCUT2D eigenvalue weighted by atomic mass is 32.2. The Morgan fingerprint density at radius 1 is 1.15 bits per heavy atom. The minimum Gasteiger partial charge on any atom is -0.326 e. The van der Waals surface area contributed by atoms with Crippen LogP contribution in [0.2, 0.25) is 0 Å². The van der Waals surface area contributed by atoms with E-state index < -0.39 is 39.8 Å². The first-order chi connectivity index (χ1) is 12.3. The van der Waals surface area contributed by atoms with Crippen LogP contribution in [0.3, 0.4) is 0 Å². The quantitative estimate of drug-likeness (QED) is 0.596. The maximum Gasteiger partial charge on any atom is 0.416 e. The Balaban J connectivity index is 2.74. The second kappa shape index (κ2) is 9.04. The van der Waals surface area contributed by atoms with Gasteiger partial charge in [-0.1, -0.05) is 13.8 Å². The largest absolute Gasteiger partial charge is 0.416 e. The van der Waals surface area contributed by atoms with Crippen molar-refractivity contribution in [3.63, 3.8) is 0 Å². The third-order valence-corrected chi connectivity index (χ3v) is 3.48. The molecule has 0 aliphatic heterocycles. The number of urea groups is 1. The smallest absolute Gasteiger partial charge is 0.326 e. The van der Waals surface area contributed by atoms with Gasteiger partial charge in [0.2, 0.25) is 0 Å². The van der Waals surface area contributed by atoms with Crippen molar-refractivity contribution in [3.8, 4) is 0 Å². The summed E-state index contributed by atoms with van der Waals surface area (Å²) < 4.78 is 63.6. The summed E-state index contributed by atoms with van der Waals surface area (Å²) in [4.78, 5) is 24.0. The number of benzene rings is 1. The molecule has 3 amide bonds. The fourth-order valence-corrected chi connectivity index (χ4v) is 2.19. The molecule has 12 heteroatoms. The van der Waals surface area contributed by atoms with Gasteiger partial charge in [-0.15, -0.1) is 4.28 Å². The van der Waals surface area contributed by atoms with Gasteiger partial charge in [-0.3, -0.25) is 4.79 Å². The second-order valence-electron chi connectivity index (χ2n) is 6.11. The molecular weight excluding hydrogens is 391 g/mol. The van der Waals surface area contributed by atoms with Crippen molar-refractivity contribution in [2.75, 3.05) is 11.6 Å². The summed E-state index contributed by atoms with van der Waals surface area (Å²) in [6.45, 7) is 3.54. The van der Waals surface area contributed by atoms with E-state index in [1.807, 2.05) is 0 Å². The average molecular weight is 411 g/mol. The summed E-state index contributed by atoms with van der Waals surface area (Å²) in [6.07, 6.45) is -3.60. The van der Waals surface area contributed by atoms with Crippen LogP contribution in [0, 0.1) is 5.92 Å². The van der Waals surface area contributed by atoms with Gasteiger partial charge in [0.05, 0.1) is 11.8 Å². The zero-order valence-corrected chi connectivity index (χ0v) is 15.6. The number of alkyl halides is 3. The summed E-state index contributed by atoms with van der Waals surface area (Å²) in [5, 5.41) is 4.61. The van der Waals surface area contributed by atoms with E-state index >= 15 is 0 Å². The molecular formula is C15H20F3N3O5S. The molecule has 1 rings (SSSR count). The molecule has 0 aliphatic carbocycles. The van der Waals surface area contributed by atoms with Gasteiger partial charge in [-0.2, -0.15) is 21.6 Å². The highest BCUT2D eigenvalue weighted by Gasteiger charge is 2.30. The van der Waals surface area contributed by atoms with E-state index in [1.54, 1.807) is 19.3 Å². The van der Waals surface area contributed by atoms with Crippen molar-refractivity contribution in [2.45, 2.75) is 32.5 Å². The Kier molecular flexibility index (Phi) is 7.60. The Bertz CT molecular complexity index is 764. The summed E-state index contributed by atoms with van der Waals surface area (Å²) in [6, 6.07) is 1.75. The van der Waals surface area contributed by atoms with E-state index in [1.165, 1.54) is 0 Å². The number of amides is 3. The molecule has 0 aliphatic rings. The minimum absolute atomic E-state index is 0.0367. The van der Waals surface area contributed by atoms with Crippen LogP contribution >= 0.6 is 0 Å². The lowest BCUT2D eigenvalue weighted by Gasteiger charge is -2.20. The number of hydrogen-bond donors (Lipinski definition) is 3. The van der Waals surface area contributed by atoms with Gasteiger partial charge in [0.1, 0.15) is 6.04 Å². The van der Waals surface area contributed by atoms with Gasteiger partial charge in [0, 0.05) is 5.69 Å². The summed E-state index contributed by atoms with van der Waals surface area (Å²) >= 11 is 0. The lowest BCUT2D eigenvalue weighted by molar-refractivity contribution is -0.137. The van der Waals surface area contributed by atoms with E-state index in [0.717, 1.165) is 30.5 Å². The summed E-state index contributed by atoms with van der Waals surface area (Å²) in [5.74, 6) is -0.929. The lowest BCUT2D eigenvalue weighted by Crippen LogP contribution is -2.49. The molecule has 0 aromatic heterocycles. The van der Waals surface area contributed by atoms with Crippen molar-refractivity contribution in [3.05, 3.63) is 29.8 Å². The number of hydrogen-bond acceptors (Lipinski definition) is 5. The van der Waals surface area contributed by atoms with Gasteiger partial charge in [-0.05, 0) is 36.6 Å². The van der Waals surface area contributed by atoms with Crippen LogP contribution in [-0.4, -0.2) is 32.7 Å². The van der Waals surface area contributed by atoms with Crippen LogP contribution < -0.4 is 16.1 Å². The molecule has 0 heterocycles. The molecule has 0 saturated heterocycles. The van der Waals surface area contributed by atoms with Crippen molar-refractivity contribution in [1.82, 2.24) is 10.8 Å². The first-order valence-corrected chi connectivity index (χ1v) is 9.52. The van der Waals surface area contributed by atoms with Crippen LogP contribution in [-0.2, 0) is 25.4 Å². The molecule has 3 N–H and O–H groups in total. The van der Waals surface area contributed by atoms with Crippen molar-refractivity contribution < 1.29 is 35.5 Å². The molecule has 0 fully saturated rings. The van der Waals surface area contributed by atoms with Crippen LogP contribution in [0.1, 0.15) is 25.8 Å². The standard InChI is InChI=1S/C15H20F3N3O5S/c1-9(2)8-12(13(22)21-26-27(3,24)25)20-14(23)19-11-6-4-10(5-7-11)15(16,17)18/h4-7,9,12H,8H2,1-3H3,(H,21,22)(H2,19,20,23)/t12-/m0/s1. The maximum absolute atomic E-state index is 12.5. The Morgan fingerprint density at radius 3 is 2.15 bits per heavy atom. The Morgan fingerprint density at radius 2 is 1.70 bits per heavy atom. The first-order valence-electron chi connectivity index (χ1n) is 7.71. The third-order valence-electron chi connectivity index (χ3n) is 3.09. The van der Waals surface area contributed by atoms with E-state index in [4.69, 9.17) is 0 Å². The third kappa shape index (κ3) is 8.73. The van der Waals surface area contributed by atoms with Gasteiger partial charge in [0.25, 0.3) is 16.0 Å². The fourth-order valence-electron chi connectivity index (χ4n) is 1.96. The number of nitrogens with one attached hydrogen (secondary N) is 3. The van der Waals surface area contributed by atoms with Crippen LogP contribution in [0.4, 0.5) is 23.7 Å². The second-order valence-corrected chi connectivity index (χ2v) is 7.68. The normalized spacial score (nSPS) is 13.1. The van der Waals surface area contributed by atoms with E-state index in [0.29, 0.717) is 0 Å². The number of halogens is 3. The van der Waals surface area contributed by atoms with Crippen LogP contribution in [0.25, 0.3) is 0 Å². The SMILES string of the molecule is CC(C)C[C@H](NC(=O)Nc1ccc(C(F)(F)F)cc1)C(=O)NOS(C)(=O)=O. The minimum atomic E-state index is -4.50. The molecule has 8 nitrogen and oxygen atoms in total. The van der Waals surface area contributed by atoms with Crippen molar-refractivity contribution in [2.24, 2.45) is 5.92 Å². The molecule has 0 unspecified atom stereocenters. The van der Waals surface area contributed by atoms with E-state index in [9.17, 15) is 31.2 Å². The summed E-state index contributed by atoms with van der Waals surface area (Å²) in [5.41, 5.74) is 0.935. The predicted octanol–water partition coefficient (Wildman–Crippen LogP) is 2.25. The number of hydroxylamine groups is 1. The number of carbonyl (C=O) groups excluding carboxylic acids is 2. The molecule has 27 heavy (non-hydrogen) atoms. The predicted molar refractivity (Wildman–Crippen MR) is 90.9 cm³/mol. The number of rotatable bonds is 7. The van der Waals surface area contributed by atoms with Crippen molar-refractivity contribution in [1.29, 1.82) is 0 Å². The van der Waals surface area contributed by atoms with E-state index in [-0.39, 0.29) is 18.0 Å². The molecule has 1 atom stereocenters. The number of carbonyl (C=O) groups is 2. The van der Waals surface area contributed by atoms with Crippen LogP contribution in [0.5, 0.6) is 0 Å². The molecule has 1 aromatic carbocycles. The monoisotopic (exact) mass is 411 g/mol. The highest BCUT2D eigenvalue weighted by Crippen LogP contribution is 2.29. The van der Waals surface area contributed by atoms with Crippen LogP contribution in [0.15, 0.2) is 24.3 Å². The van der Waals surface area contributed by atoms with Crippen molar-refractivity contribution >= 4 is 27.7 Å². The van der Waals surface area contributed by atoms with Gasteiger partial charge < -0.3 is 10.6 Å². The molecule has 1 aromatic rings. The van der Waals surface area contributed by atoms with Gasteiger partial charge in [-0.25, -0.2) is 10.3 Å². The first kappa shape index (κ1) is 22.7. The highest BCUT2D eigenvalue weighted by molar-refractivity contribution is 7.85. The molecule has 0 radical (unpaired) electrons. The number of anilines is 1. The fraction of sp³-hybridized carbons (Fsp3) is 0.467.